The summed E-state index contributed by atoms with van der Waals surface area (Å²) in [6.45, 7) is 6.89. The highest BCUT2D eigenvalue weighted by molar-refractivity contribution is 5.94. The van der Waals surface area contributed by atoms with Gasteiger partial charge < -0.3 is 10.2 Å². The van der Waals surface area contributed by atoms with Gasteiger partial charge in [-0.1, -0.05) is 12.1 Å². The van der Waals surface area contributed by atoms with Crippen LogP contribution in [0.2, 0.25) is 0 Å². The Hall–Kier alpha value is -2.14. The van der Waals surface area contributed by atoms with Gasteiger partial charge in [0.2, 0.25) is 0 Å². The molecule has 1 N–H and O–H groups in total. The van der Waals surface area contributed by atoms with Crippen LogP contribution in [0.5, 0.6) is 0 Å². The average molecular weight is 326 g/mol. The molecule has 0 spiro atoms. The Labute approximate surface area is 143 Å². The van der Waals surface area contributed by atoms with Crippen molar-refractivity contribution in [2.75, 3.05) is 20.1 Å². The molecule has 24 heavy (non-hydrogen) atoms. The molecule has 3 rings (SSSR count). The van der Waals surface area contributed by atoms with E-state index in [0.29, 0.717) is 6.04 Å². The Morgan fingerprint density at radius 2 is 1.88 bits per heavy atom. The second-order valence-corrected chi connectivity index (χ2v) is 6.83. The van der Waals surface area contributed by atoms with Crippen molar-refractivity contribution in [1.82, 2.24) is 20.0 Å². The molecule has 2 aromatic rings. The van der Waals surface area contributed by atoms with E-state index in [4.69, 9.17) is 0 Å². The fraction of sp³-hybridized carbons (Fsp3) is 0.474. The molecule has 0 bridgehead atoms. The Morgan fingerprint density at radius 3 is 2.46 bits per heavy atom. The molecule has 0 unspecified atom stereocenters. The minimum Gasteiger partial charge on any atom is -0.349 e. The number of piperidine rings is 1. The summed E-state index contributed by atoms with van der Waals surface area (Å²) in [5.41, 5.74) is 4.06. The fourth-order valence-electron chi connectivity index (χ4n) is 3.19. The molecule has 1 aliphatic rings. The monoisotopic (exact) mass is 326 g/mol. The number of hydrogen-bond acceptors (Lipinski definition) is 3. The maximum Gasteiger partial charge on any atom is 0.251 e. The number of likely N-dealkylation sites (tertiary alicyclic amines) is 1. The van der Waals surface area contributed by atoms with Crippen LogP contribution < -0.4 is 5.32 Å². The van der Waals surface area contributed by atoms with Gasteiger partial charge in [-0.3, -0.25) is 9.48 Å². The lowest BCUT2D eigenvalue weighted by Gasteiger charge is -2.29. The zero-order valence-corrected chi connectivity index (χ0v) is 14.7. The maximum absolute atomic E-state index is 12.4. The van der Waals surface area contributed by atoms with E-state index in [0.717, 1.165) is 55.0 Å². The first-order valence-electron chi connectivity index (χ1n) is 8.60. The molecule has 0 atom stereocenters. The molecule has 1 amide bonds. The number of aromatic nitrogens is 2. The normalized spacial score (nSPS) is 16.3. The van der Waals surface area contributed by atoms with Gasteiger partial charge in [-0.25, -0.2) is 0 Å². The van der Waals surface area contributed by atoms with Gasteiger partial charge in [0.1, 0.15) is 0 Å². The number of rotatable bonds is 4. The third kappa shape index (κ3) is 4.03. The number of nitrogens with zero attached hydrogens (tertiary/aromatic N) is 3. The lowest BCUT2D eigenvalue weighted by atomic mass is 10.0. The van der Waals surface area contributed by atoms with Gasteiger partial charge in [-0.15, -0.1) is 0 Å². The zero-order chi connectivity index (χ0) is 17.1. The number of amides is 1. The van der Waals surface area contributed by atoms with Gasteiger partial charge in [0, 0.05) is 17.3 Å². The van der Waals surface area contributed by atoms with E-state index in [1.165, 1.54) is 0 Å². The first kappa shape index (κ1) is 16.7. The van der Waals surface area contributed by atoms with Crippen LogP contribution in [0.3, 0.4) is 0 Å². The molecule has 0 radical (unpaired) electrons. The molecular weight excluding hydrogens is 300 g/mol. The molecule has 1 aromatic carbocycles. The van der Waals surface area contributed by atoms with Crippen LogP contribution in [0.1, 0.15) is 40.2 Å². The van der Waals surface area contributed by atoms with E-state index >= 15 is 0 Å². The van der Waals surface area contributed by atoms with Crippen LogP contribution in [-0.4, -0.2) is 46.8 Å². The Bertz CT molecular complexity index is 697. The van der Waals surface area contributed by atoms with Crippen molar-refractivity contribution in [3.05, 3.63) is 52.8 Å². The van der Waals surface area contributed by atoms with Crippen LogP contribution in [-0.2, 0) is 6.54 Å². The van der Waals surface area contributed by atoms with E-state index in [-0.39, 0.29) is 5.91 Å². The van der Waals surface area contributed by atoms with Crippen LogP contribution >= 0.6 is 0 Å². The number of nitrogens with one attached hydrogen (secondary N) is 1. The summed E-state index contributed by atoms with van der Waals surface area (Å²) in [5.74, 6) is 0.0298. The zero-order valence-electron chi connectivity index (χ0n) is 14.7. The van der Waals surface area contributed by atoms with Crippen LogP contribution in [0, 0.1) is 13.8 Å². The van der Waals surface area contributed by atoms with Crippen molar-refractivity contribution in [3.8, 4) is 0 Å². The van der Waals surface area contributed by atoms with Gasteiger partial charge in [-0.05, 0) is 70.6 Å². The van der Waals surface area contributed by atoms with Crippen LogP contribution in [0.25, 0.3) is 0 Å². The molecule has 5 heteroatoms. The molecular formula is C19H26N4O. The van der Waals surface area contributed by atoms with Crippen LogP contribution in [0.15, 0.2) is 30.3 Å². The summed E-state index contributed by atoms with van der Waals surface area (Å²) < 4.78 is 1.99. The van der Waals surface area contributed by atoms with Gasteiger partial charge in [0.15, 0.2) is 0 Å². The summed E-state index contributed by atoms with van der Waals surface area (Å²) in [7, 11) is 2.12. The largest absolute Gasteiger partial charge is 0.349 e. The predicted octanol–water partition coefficient (Wildman–Crippen LogP) is 2.37. The molecule has 0 saturated carbocycles. The first-order chi connectivity index (χ1) is 11.5. The third-order valence-corrected chi connectivity index (χ3v) is 4.71. The number of carbonyl (C=O) groups excluding carboxylic acids is 1. The Balaban J connectivity index is 1.59. The molecule has 1 aliphatic heterocycles. The van der Waals surface area contributed by atoms with E-state index in [1.54, 1.807) is 0 Å². The van der Waals surface area contributed by atoms with Crippen molar-refractivity contribution >= 4 is 5.91 Å². The van der Waals surface area contributed by atoms with E-state index in [2.05, 4.69) is 35.4 Å². The Kier molecular flexibility index (Phi) is 5.00. The molecule has 1 fully saturated rings. The number of benzene rings is 1. The Morgan fingerprint density at radius 1 is 1.21 bits per heavy atom. The van der Waals surface area contributed by atoms with Crippen molar-refractivity contribution in [2.24, 2.45) is 0 Å². The second-order valence-electron chi connectivity index (χ2n) is 6.83. The van der Waals surface area contributed by atoms with Gasteiger partial charge in [0.05, 0.1) is 12.2 Å². The average Bonchev–Trinajstić information content (AvgIpc) is 2.88. The van der Waals surface area contributed by atoms with Gasteiger partial charge in [-0.2, -0.15) is 5.10 Å². The highest BCUT2D eigenvalue weighted by Crippen LogP contribution is 2.12. The van der Waals surface area contributed by atoms with Crippen molar-refractivity contribution in [2.45, 2.75) is 39.3 Å². The van der Waals surface area contributed by atoms with E-state index in [9.17, 15) is 4.79 Å². The maximum atomic E-state index is 12.4. The summed E-state index contributed by atoms with van der Waals surface area (Å²) in [6.07, 6.45) is 2.05. The topological polar surface area (TPSA) is 50.2 Å². The standard InChI is InChI=1S/C19H26N4O/c1-14-12-15(2)23(21-14)13-16-4-6-17(7-5-16)19(24)20-18-8-10-22(3)11-9-18/h4-7,12,18H,8-11,13H2,1-3H3,(H,20,24). The third-order valence-electron chi connectivity index (χ3n) is 4.71. The molecule has 1 aromatic heterocycles. The van der Waals surface area contributed by atoms with Crippen molar-refractivity contribution in [3.63, 3.8) is 0 Å². The minimum absolute atomic E-state index is 0.0298. The smallest absolute Gasteiger partial charge is 0.251 e. The second kappa shape index (κ2) is 7.18. The number of hydrogen-bond donors (Lipinski definition) is 1. The minimum atomic E-state index is 0.0298. The SMILES string of the molecule is Cc1cc(C)n(Cc2ccc(C(=O)NC3CCN(C)CC3)cc2)n1. The molecule has 0 aliphatic carbocycles. The lowest BCUT2D eigenvalue weighted by Crippen LogP contribution is -2.43. The quantitative estimate of drug-likeness (QED) is 0.938. The summed E-state index contributed by atoms with van der Waals surface area (Å²) in [5, 5.41) is 7.63. The van der Waals surface area contributed by atoms with Gasteiger partial charge >= 0.3 is 0 Å². The molecule has 2 heterocycles. The number of aryl methyl sites for hydroxylation is 2. The van der Waals surface area contributed by atoms with Crippen LogP contribution in [0.4, 0.5) is 0 Å². The van der Waals surface area contributed by atoms with Crippen molar-refractivity contribution < 1.29 is 4.79 Å². The summed E-state index contributed by atoms with van der Waals surface area (Å²) in [6, 6.07) is 10.2. The first-order valence-corrected chi connectivity index (χ1v) is 8.60. The molecule has 5 nitrogen and oxygen atoms in total. The highest BCUT2D eigenvalue weighted by Gasteiger charge is 2.19. The summed E-state index contributed by atoms with van der Waals surface area (Å²) >= 11 is 0. The highest BCUT2D eigenvalue weighted by atomic mass is 16.1. The lowest BCUT2D eigenvalue weighted by molar-refractivity contribution is 0.0917. The van der Waals surface area contributed by atoms with Crippen molar-refractivity contribution in [1.29, 1.82) is 0 Å². The molecule has 128 valence electrons. The molecule has 1 saturated heterocycles. The van der Waals surface area contributed by atoms with E-state index < -0.39 is 0 Å². The van der Waals surface area contributed by atoms with Gasteiger partial charge in [0.25, 0.3) is 5.91 Å². The number of carbonyl (C=O) groups is 1. The fourth-order valence-corrected chi connectivity index (χ4v) is 3.19. The predicted molar refractivity (Wildman–Crippen MR) is 95.2 cm³/mol. The summed E-state index contributed by atoms with van der Waals surface area (Å²) in [4.78, 5) is 14.7. The van der Waals surface area contributed by atoms with E-state index in [1.807, 2.05) is 35.9 Å².